The van der Waals surface area contributed by atoms with Crippen LogP contribution in [-0.4, -0.2) is 53.2 Å². The number of anilines is 1. The first-order valence-corrected chi connectivity index (χ1v) is 11.1. The van der Waals surface area contributed by atoms with Crippen molar-refractivity contribution >= 4 is 40.4 Å². The third-order valence-corrected chi connectivity index (χ3v) is 5.94. The Balaban J connectivity index is 1.47. The fraction of sp³-hybridized carbons (Fsp3) is 0.280. The minimum absolute atomic E-state index is 0.142. The minimum atomic E-state index is -1.42. The summed E-state index contributed by atoms with van der Waals surface area (Å²) in [5.41, 5.74) is 0.00659. The summed E-state index contributed by atoms with van der Waals surface area (Å²) in [5.74, 6) is -1.00. The van der Waals surface area contributed by atoms with E-state index in [1.165, 1.54) is 0 Å². The van der Waals surface area contributed by atoms with E-state index in [2.05, 4.69) is 10.6 Å². The molecule has 2 N–H and O–H groups in total. The summed E-state index contributed by atoms with van der Waals surface area (Å²) < 4.78 is 5.80. The number of urea groups is 1. The van der Waals surface area contributed by atoms with E-state index < -0.39 is 29.9 Å². The number of amides is 5. The van der Waals surface area contributed by atoms with Crippen molar-refractivity contribution in [1.82, 2.24) is 15.1 Å². The molecule has 176 valence electrons. The number of carbonyl (C=O) groups is 4. The molecule has 0 saturated carbocycles. The van der Waals surface area contributed by atoms with E-state index in [4.69, 9.17) is 4.42 Å². The van der Waals surface area contributed by atoms with Crippen molar-refractivity contribution in [2.75, 3.05) is 25.0 Å². The van der Waals surface area contributed by atoms with Gasteiger partial charge >= 0.3 is 6.03 Å². The van der Waals surface area contributed by atoms with E-state index in [0.717, 1.165) is 10.3 Å². The van der Waals surface area contributed by atoms with Crippen molar-refractivity contribution in [2.45, 2.75) is 26.3 Å². The average molecular weight is 463 g/mol. The third-order valence-electron chi connectivity index (χ3n) is 5.94. The molecule has 0 spiro atoms. The maximum atomic E-state index is 13.1. The first-order chi connectivity index (χ1) is 16.3. The number of imide groups is 1. The van der Waals surface area contributed by atoms with Gasteiger partial charge < -0.3 is 20.0 Å². The monoisotopic (exact) mass is 462 g/mol. The Labute approximate surface area is 196 Å². The minimum Gasteiger partial charge on any atom is -0.458 e. The van der Waals surface area contributed by atoms with E-state index in [0.29, 0.717) is 29.9 Å². The van der Waals surface area contributed by atoms with Crippen LogP contribution in [0.1, 0.15) is 36.9 Å². The highest BCUT2D eigenvalue weighted by Crippen LogP contribution is 2.33. The quantitative estimate of drug-likeness (QED) is 0.523. The van der Waals surface area contributed by atoms with Gasteiger partial charge in [-0.1, -0.05) is 24.3 Å². The van der Waals surface area contributed by atoms with Gasteiger partial charge in [-0.05, 0) is 51.1 Å². The predicted octanol–water partition coefficient (Wildman–Crippen LogP) is 3.32. The van der Waals surface area contributed by atoms with Gasteiger partial charge in [0.05, 0.1) is 0 Å². The van der Waals surface area contributed by atoms with Gasteiger partial charge in [0.1, 0.15) is 17.9 Å². The summed E-state index contributed by atoms with van der Waals surface area (Å²) in [6.07, 6.45) is 0. The van der Waals surface area contributed by atoms with E-state index in [1.807, 2.05) is 32.0 Å². The maximum Gasteiger partial charge on any atom is 0.325 e. The van der Waals surface area contributed by atoms with E-state index in [1.54, 1.807) is 48.2 Å². The van der Waals surface area contributed by atoms with Crippen LogP contribution < -0.4 is 10.6 Å². The molecule has 1 aromatic heterocycles. The molecule has 3 aromatic rings. The molecule has 2 aromatic carbocycles. The Hall–Kier alpha value is -4.14. The molecule has 0 bridgehead atoms. The van der Waals surface area contributed by atoms with Crippen LogP contribution in [0.3, 0.4) is 0 Å². The summed E-state index contributed by atoms with van der Waals surface area (Å²) in [6, 6.07) is 14.8. The van der Waals surface area contributed by atoms with Crippen molar-refractivity contribution in [3.63, 3.8) is 0 Å². The highest BCUT2D eigenvalue weighted by molar-refractivity contribution is 6.10. The summed E-state index contributed by atoms with van der Waals surface area (Å²) in [5, 5.41) is 6.10. The molecule has 9 heteroatoms. The Kier molecular flexibility index (Phi) is 6.10. The van der Waals surface area contributed by atoms with Crippen LogP contribution in [0.25, 0.3) is 11.0 Å². The van der Waals surface area contributed by atoms with Crippen LogP contribution in [0.15, 0.2) is 59.0 Å². The highest BCUT2D eigenvalue weighted by atomic mass is 16.3. The summed E-state index contributed by atoms with van der Waals surface area (Å²) in [6.45, 7) is 6.00. The standard InChI is InChI=1S/C25H26N4O5/c1-4-28(5-2)22(31)17-10-8-11-18(13-17)26-21(30)15-29-23(32)25(3,27-24(29)33)20-14-16-9-6-7-12-19(16)34-20/h6-14H,4-5,15H2,1-3H3,(H,26,30)(H,27,33). The molecule has 1 aliphatic heterocycles. The molecule has 0 radical (unpaired) electrons. The Morgan fingerprint density at radius 2 is 1.79 bits per heavy atom. The third kappa shape index (κ3) is 4.12. The predicted molar refractivity (Wildman–Crippen MR) is 126 cm³/mol. The van der Waals surface area contributed by atoms with Crippen LogP contribution in [0.4, 0.5) is 10.5 Å². The van der Waals surface area contributed by atoms with Crippen molar-refractivity contribution < 1.29 is 23.6 Å². The summed E-state index contributed by atoms with van der Waals surface area (Å²) in [7, 11) is 0. The normalized spacial score (nSPS) is 17.7. The first kappa shape index (κ1) is 23.0. The lowest BCUT2D eigenvalue weighted by atomic mass is 9.99. The lowest BCUT2D eigenvalue weighted by molar-refractivity contribution is -0.134. The Morgan fingerprint density at radius 1 is 1.06 bits per heavy atom. The lowest BCUT2D eigenvalue weighted by Crippen LogP contribution is -2.41. The number of hydrogen-bond donors (Lipinski definition) is 2. The molecule has 2 heterocycles. The van der Waals surface area contributed by atoms with Crippen LogP contribution in [-0.2, 0) is 15.1 Å². The molecule has 1 aliphatic rings. The van der Waals surface area contributed by atoms with Gasteiger partial charge in [-0.15, -0.1) is 0 Å². The molecule has 4 rings (SSSR count). The average Bonchev–Trinajstić information content (AvgIpc) is 3.36. The molecule has 1 fully saturated rings. The van der Waals surface area contributed by atoms with Crippen LogP contribution >= 0.6 is 0 Å². The van der Waals surface area contributed by atoms with Gasteiger partial charge in [-0.25, -0.2) is 4.79 Å². The van der Waals surface area contributed by atoms with Crippen LogP contribution in [0.2, 0.25) is 0 Å². The second-order valence-corrected chi connectivity index (χ2v) is 8.20. The highest BCUT2D eigenvalue weighted by Gasteiger charge is 2.51. The smallest absolute Gasteiger partial charge is 0.325 e. The number of fused-ring (bicyclic) bond motifs is 1. The molecule has 9 nitrogen and oxygen atoms in total. The first-order valence-electron chi connectivity index (χ1n) is 11.1. The van der Waals surface area contributed by atoms with Gasteiger partial charge in [0.25, 0.3) is 11.8 Å². The zero-order valence-corrected chi connectivity index (χ0v) is 19.3. The number of nitrogens with one attached hydrogen (secondary N) is 2. The van der Waals surface area contributed by atoms with Gasteiger partial charge in [-0.3, -0.25) is 19.3 Å². The molecule has 1 atom stereocenters. The fourth-order valence-corrected chi connectivity index (χ4v) is 4.00. The lowest BCUT2D eigenvalue weighted by Gasteiger charge is -2.19. The number of para-hydroxylation sites is 1. The van der Waals surface area contributed by atoms with Gasteiger partial charge in [0, 0.05) is 29.7 Å². The SMILES string of the molecule is CCN(CC)C(=O)c1cccc(NC(=O)CN2C(=O)NC(C)(c3cc4ccccc4o3)C2=O)c1. The molecule has 34 heavy (non-hydrogen) atoms. The second-order valence-electron chi connectivity index (χ2n) is 8.20. The zero-order chi connectivity index (χ0) is 24.5. The number of carbonyl (C=O) groups excluding carboxylic acids is 4. The van der Waals surface area contributed by atoms with Crippen molar-refractivity contribution in [3.8, 4) is 0 Å². The van der Waals surface area contributed by atoms with Crippen LogP contribution in [0, 0.1) is 0 Å². The topological polar surface area (TPSA) is 112 Å². The van der Waals surface area contributed by atoms with E-state index in [9.17, 15) is 19.2 Å². The number of nitrogens with zero attached hydrogens (tertiary/aromatic N) is 2. The summed E-state index contributed by atoms with van der Waals surface area (Å²) in [4.78, 5) is 53.5. The van der Waals surface area contributed by atoms with Crippen molar-refractivity contribution in [3.05, 3.63) is 65.9 Å². The second kappa shape index (κ2) is 9.01. The van der Waals surface area contributed by atoms with Gasteiger partial charge in [0.15, 0.2) is 5.54 Å². The Morgan fingerprint density at radius 3 is 2.50 bits per heavy atom. The number of hydrogen-bond acceptors (Lipinski definition) is 5. The molecular formula is C25H26N4O5. The molecule has 5 amide bonds. The summed E-state index contributed by atoms with van der Waals surface area (Å²) >= 11 is 0. The van der Waals surface area contributed by atoms with Gasteiger partial charge in [-0.2, -0.15) is 0 Å². The van der Waals surface area contributed by atoms with Crippen LogP contribution in [0.5, 0.6) is 0 Å². The molecule has 1 saturated heterocycles. The fourth-order valence-electron chi connectivity index (χ4n) is 4.00. The van der Waals surface area contributed by atoms with Gasteiger partial charge in [0.2, 0.25) is 5.91 Å². The maximum absolute atomic E-state index is 13.1. The molecule has 0 aliphatic carbocycles. The van der Waals surface area contributed by atoms with Crippen molar-refractivity contribution in [2.24, 2.45) is 0 Å². The number of rotatable bonds is 7. The van der Waals surface area contributed by atoms with E-state index >= 15 is 0 Å². The zero-order valence-electron chi connectivity index (χ0n) is 19.3. The number of furan rings is 1. The Bertz CT molecular complexity index is 1250. The van der Waals surface area contributed by atoms with Crippen molar-refractivity contribution in [1.29, 1.82) is 0 Å². The number of benzene rings is 2. The molecular weight excluding hydrogens is 436 g/mol. The van der Waals surface area contributed by atoms with E-state index in [-0.39, 0.29) is 11.7 Å². The molecule has 1 unspecified atom stereocenters. The largest absolute Gasteiger partial charge is 0.458 e.